The molecule has 4 aliphatic carbocycles. The number of nitrogens with one attached hydrogen (secondary N) is 2. The van der Waals surface area contributed by atoms with Crippen LogP contribution in [0.4, 0.5) is 5.69 Å². The number of aromatic amines is 1. The van der Waals surface area contributed by atoms with Crippen molar-refractivity contribution in [1.29, 1.82) is 0 Å². The molecule has 23 heavy (non-hydrogen) atoms. The average Bonchev–Trinajstić information content (AvgIpc) is 2.98. The molecule has 0 aromatic carbocycles. The van der Waals surface area contributed by atoms with Gasteiger partial charge in [-0.15, -0.1) is 0 Å². The summed E-state index contributed by atoms with van der Waals surface area (Å²) in [5.74, 6) is 1.70. The Bertz CT molecular complexity index is 768. The third-order valence-electron chi connectivity index (χ3n) is 6.29. The molecule has 2 atom stereocenters. The van der Waals surface area contributed by atoms with Crippen molar-refractivity contribution in [1.82, 2.24) is 9.97 Å². The molecular weight excluding hydrogens is 290 g/mol. The lowest BCUT2D eigenvalue weighted by Crippen LogP contribution is -2.59. The van der Waals surface area contributed by atoms with Crippen molar-refractivity contribution in [2.75, 3.05) is 5.32 Å². The zero-order chi connectivity index (χ0) is 15.6. The van der Waals surface area contributed by atoms with Crippen LogP contribution in [-0.2, 0) is 0 Å². The van der Waals surface area contributed by atoms with Gasteiger partial charge in [0, 0.05) is 23.8 Å². The number of pyridine rings is 1. The van der Waals surface area contributed by atoms with Crippen molar-refractivity contribution < 1.29 is 9.90 Å². The SMILES string of the molecule is O=Cc1cnc2[nH]ccc2c1N[C@H]1C2CC3CC1C[C@@](O)(C3)C2. The fourth-order valence-electron chi connectivity index (χ4n) is 5.66. The van der Waals surface area contributed by atoms with Gasteiger partial charge in [0.1, 0.15) is 5.65 Å². The lowest BCUT2D eigenvalue weighted by molar-refractivity contribution is -0.129. The molecule has 4 fully saturated rings. The summed E-state index contributed by atoms with van der Waals surface area (Å²) in [4.78, 5) is 18.9. The molecule has 0 aliphatic heterocycles. The van der Waals surface area contributed by atoms with Gasteiger partial charge in [-0.2, -0.15) is 0 Å². The number of carbonyl (C=O) groups is 1. The quantitative estimate of drug-likeness (QED) is 0.762. The summed E-state index contributed by atoms with van der Waals surface area (Å²) in [7, 11) is 0. The maximum Gasteiger partial charge on any atom is 0.153 e. The van der Waals surface area contributed by atoms with Crippen molar-refractivity contribution in [3.8, 4) is 0 Å². The largest absolute Gasteiger partial charge is 0.390 e. The zero-order valence-corrected chi connectivity index (χ0v) is 13.0. The van der Waals surface area contributed by atoms with Gasteiger partial charge in [0.05, 0.1) is 16.9 Å². The van der Waals surface area contributed by atoms with Gasteiger partial charge < -0.3 is 15.4 Å². The minimum absolute atomic E-state index is 0.353. The van der Waals surface area contributed by atoms with Crippen LogP contribution in [-0.4, -0.2) is 33.0 Å². The molecule has 4 saturated carbocycles. The van der Waals surface area contributed by atoms with Crippen molar-refractivity contribution in [3.05, 3.63) is 24.0 Å². The standard InChI is InChI=1S/C18H21N3O2/c22-9-13-8-20-17-14(1-2-19-17)16(13)21-15-11-3-10-4-12(15)7-18(23,5-10)6-11/h1-2,8-12,15,23H,3-7H2,(H2,19,20,21)/t10?,11?,12?,15-,18+. The molecule has 4 aliphatic rings. The van der Waals surface area contributed by atoms with E-state index in [-0.39, 0.29) is 0 Å². The lowest BCUT2D eigenvalue weighted by atomic mass is 9.52. The van der Waals surface area contributed by atoms with E-state index in [2.05, 4.69) is 15.3 Å². The molecule has 0 radical (unpaired) electrons. The second kappa shape index (κ2) is 4.57. The van der Waals surface area contributed by atoms with Crippen LogP contribution in [0, 0.1) is 17.8 Å². The van der Waals surface area contributed by atoms with E-state index < -0.39 is 5.60 Å². The lowest BCUT2D eigenvalue weighted by Gasteiger charge is -2.58. The van der Waals surface area contributed by atoms with E-state index in [1.54, 1.807) is 6.20 Å². The number of nitrogens with zero attached hydrogens (tertiary/aromatic N) is 1. The van der Waals surface area contributed by atoms with Crippen LogP contribution in [0.1, 0.15) is 42.5 Å². The van der Waals surface area contributed by atoms with Gasteiger partial charge in [-0.3, -0.25) is 4.79 Å². The fourth-order valence-corrected chi connectivity index (χ4v) is 5.66. The summed E-state index contributed by atoms with van der Waals surface area (Å²) in [6.07, 6.45) is 9.57. The van der Waals surface area contributed by atoms with E-state index in [1.807, 2.05) is 12.3 Å². The predicted octanol–water partition coefficient (Wildman–Crippen LogP) is 2.73. The van der Waals surface area contributed by atoms with Crippen LogP contribution in [0.5, 0.6) is 0 Å². The van der Waals surface area contributed by atoms with Crippen LogP contribution in [0.3, 0.4) is 0 Å². The molecule has 120 valence electrons. The number of rotatable bonds is 3. The van der Waals surface area contributed by atoms with E-state index in [9.17, 15) is 9.90 Å². The van der Waals surface area contributed by atoms with Crippen LogP contribution in [0.25, 0.3) is 11.0 Å². The van der Waals surface area contributed by atoms with Gasteiger partial charge in [-0.05, 0) is 55.9 Å². The Kier molecular flexibility index (Phi) is 2.69. The van der Waals surface area contributed by atoms with Gasteiger partial charge in [0.25, 0.3) is 0 Å². The maximum atomic E-state index is 11.5. The summed E-state index contributed by atoms with van der Waals surface area (Å²) in [6, 6.07) is 2.33. The number of aliphatic hydroxyl groups is 1. The first kappa shape index (κ1) is 13.5. The highest BCUT2D eigenvalue weighted by molar-refractivity contribution is 5.99. The number of hydrogen-bond donors (Lipinski definition) is 3. The first-order valence-corrected chi connectivity index (χ1v) is 8.55. The molecule has 2 heterocycles. The van der Waals surface area contributed by atoms with Crippen molar-refractivity contribution in [2.24, 2.45) is 17.8 Å². The highest BCUT2D eigenvalue weighted by Gasteiger charge is 2.54. The zero-order valence-electron chi connectivity index (χ0n) is 13.0. The fraction of sp³-hybridized carbons (Fsp3) is 0.556. The number of H-pyrrole nitrogens is 1. The number of aldehydes is 1. The Hall–Kier alpha value is -1.88. The van der Waals surface area contributed by atoms with E-state index >= 15 is 0 Å². The number of carbonyl (C=O) groups excluding carboxylic acids is 1. The summed E-state index contributed by atoms with van der Waals surface area (Å²) in [6.45, 7) is 0. The number of hydrogen-bond acceptors (Lipinski definition) is 4. The number of fused-ring (bicyclic) bond motifs is 1. The van der Waals surface area contributed by atoms with Crippen LogP contribution < -0.4 is 5.32 Å². The molecule has 0 saturated heterocycles. The summed E-state index contributed by atoms with van der Waals surface area (Å²) >= 11 is 0. The van der Waals surface area contributed by atoms with Crippen molar-refractivity contribution in [2.45, 2.75) is 43.7 Å². The predicted molar refractivity (Wildman–Crippen MR) is 87.4 cm³/mol. The van der Waals surface area contributed by atoms with Crippen molar-refractivity contribution in [3.63, 3.8) is 0 Å². The molecule has 0 amide bonds. The molecule has 3 N–H and O–H groups in total. The van der Waals surface area contributed by atoms with Crippen LogP contribution in [0.15, 0.2) is 18.5 Å². The molecule has 2 aromatic rings. The third kappa shape index (κ3) is 1.96. The van der Waals surface area contributed by atoms with Crippen LogP contribution >= 0.6 is 0 Å². The van der Waals surface area contributed by atoms with Gasteiger partial charge in [-0.1, -0.05) is 0 Å². The second-order valence-corrected chi connectivity index (χ2v) is 7.81. The topological polar surface area (TPSA) is 78.0 Å². The molecule has 5 nitrogen and oxygen atoms in total. The minimum atomic E-state index is -0.427. The molecule has 2 unspecified atom stereocenters. The third-order valence-corrected chi connectivity index (χ3v) is 6.29. The van der Waals surface area contributed by atoms with Gasteiger partial charge in [0.2, 0.25) is 0 Å². The highest BCUT2D eigenvalue weighted by atomic mass is 16.3. The molecule has 2 aromatic heterocycles. The van der Waals surface area contributed by atoms with E-state index in [0.29, 0.717) is 29.4 Å². The molecule has 5 heteroatoms. The maximum absolute atomic E-state index is 11.5. The molecule has 6 rings (SSSR count). The highest BCUT2D eigenvalue weighted by Crippen LogP contribution is 2.56. The number of aromatic nitrogens is 2. The molecular formula is C18H21N3O2. The Balaban J connectivity index is 1.53. The van der Waals surface area contributed by atoms with Gasteiger partial charge in [-0.25, -0.2) is 4.98 Å². The smallest absolute Gasteiger partial charge is 0.153 e. The van der Waals surface area contributed by atoms with E-state index in [4.69, 9.17) is 0 Å². The van der Waals surface area contributed by atoms with Crippen molar-refractivity contribution >= 4 is 23.0 Å². The minimum Gasteiger partial charge on any atom is -0.390 e. The Morgan fingerprint density at radius 2 is 2.09 bits per heavy atom. The normalized spacial score (nSPS) is 38.1. The van der Waals surface area contributed by atoms with Gasteiger partial charge in [0.15, 0.2) is 6.29 Å². The molecule has 0 spiro atoms. The van der Waals surface area contributed by atoms with E-state index in [0.717, 1.165) is 42.3 Å². The summed E-state index contributed by atoms with van der Waals surface area (Å²) in [5, 5.41) is 15.4. The average molecular weight is 311 g/mol. The summed E-state index contributed by atoms with van der Waals surface area (Å²) < 4.78 is 0. The van der Waals surface area contributed by atoms with Crippen LogP contribution in [0.2, 0.25) is 0 Å². The monoisotopic (exact) mass is 311 g/mol. The number of anilines is 1. The first-order chi connectivity index (χ1) is 11.1. The Morgan fingerprint density at radius 1 is 1.30 bits per heavy atom. The Morgan fingerprint density at radius 3 is 2.78 bits per heavy atom. The first-order valence-electron chi connectivity index (χ1n) is 8.55. The molecule has 4 bridgehead atoms. The van der Waals surface area contributed by atoms with Gasteiger partial charge >= 0.3 is 0 Å². The second-order valence-electron chi connectivity index (χ2n) is 7.81. The Labute approximate surface area is 134 Å². The summed E-state index contributed by atoms with van der Waals surface area (Å²) in [5.41, 5.74) is 1.89. The van der Waals surface area contributed by atoms with E-state index in [1.165, 1.54) is 12.8 Å².